The molecule has 0 spiro atoms. The van der Waals surface area contributed by atoms with Crippen molar-refractivity contribution in [2.45, 2.75) is 20.4 Å². The lowest BCUT2D eigenvalue weighted by molar-refractivity contribution is 0.0784. The highest BCUT2D eigenvalue weighted by molar-refractivity contribution is 6.33. The number of nitrogens with zero attached hydrogens (tertiary/aromatic N) is 3. The van der Waals surface area contributed by atoms with Crippen LogP contribution in [0, 0.1) is 19.7 Å². The Bertz CT molecular complexity index is 950. The summed E-state index contributed by atoms with van der Waals surface area (Å²) >= 11 is 6.44. The molecule has 0 aliphatic heterocycles. The van der Waals surface area contributed by atoms with Gasteiger partial charge >= 0.3 is 0 Å². The third-order valence-corrected chi connectivity index (χ3v) is 4.65. The third-order valence-electron chi connectivity index (χ3n) is 4.30. The fourth-order valence-corrected chi connectivity index (χ4v) is 3.15. The van der Waals surface area contributed by atoms with Crippen molar-refractivity contribution in [2.75, 3.05) is 7.05 Å². The summed E-state index contributed by atoms with van der Waals surface area (Å²) < 4.78 is 14.6. The van der Waals surface area contributed by atoms with Gasteiger partial charge in [-0.15, -0.1) is 0 Å². The highest BCUT2D eigenvalue weighted by Crippen LogP contribution is 2.25. The second kappa shape index (κ2) is 7.30. The Kier molecular flexibility index (Phi) is 5.09. The van der Waals surface area contributed by atoms with Crippen LogP contribution in [0.3, 0.4) is 0 Å². The zero-order chi connectivity index (χ0) is 18.8. The van der Waals surface area contributed by atoms with Crippen LogP contribution >= 0.6 is 11.6 Å². The minimum absolute atomic E-state index is 0.205. The normalized spacial score (nSPS) is 10.8. The highest BCUT2D eigenvalue weighted by atomic mass is 35.5. The molecule has 1 heterocycles. The van der Waals surface area contributed by atoms with Crippen LogP contribution in [-0.2, 0) is 6.54 Å². The zero-order valence-electron chi connectivity index (χ0n) is 14.8. The summed E-state index contributed by atoms with van der Waals surface area (Å²) in [7, 11) is 1.74. The third kappa shape index (κ3) is 3.48. The molecule has 1 amide bonds. The summed E-state index contributed by atoms with van der Waals surface area (Å²) in [5.74, 6) is -0.549. The molecule has 1 aromatic heterocycles. The second-order valence-electron chi connectivity index (χ2n) is 6.23. The van der Waals surface area contributed by atoms with E-state index < -0.39 is 0 Å². The molecule has 0 saturated carbocycles. The zero-order valence-corrected chi connectivity index (χ0v) is 15.6. The van der Waals surface area contributed by atoms with E-state index in [1.165, 1.54) is 16.8 Å². The lowest BCUT2D eigenvalue weighted by Crippen LogP contribution is -2.27. The molecule has 0 aliphatic carbocycles. The standard InChI is InChI=1S/C20H19ClFN3O/c1-13-6-4-5-7-15(13)12-24(3)20(26)18-14(2)23-25(19(18)21)17-10-8-16(22)9-11-17/h4-11H,12H2,1-3H3. The van der Waals surface area contributed by atoms with E-state index in [0.717, 1.165) is 11.1 Å². The number of halogens is 2. The highest BCUT2D eigenvalue weighted by Gasteiger charge is 2.24. The summed E-state index contributed by atoms with van der Waals surface area (Å²) in [4.78, 5) is 14.5. The number of benzene rings is 2. The molecule has 26 heavy (non-hydrogen) atoms. The number of hydrogen-bond acceptors (Lipinski definition) is 2. The average Bonchev–Trinajstić information content (AvgIpc) is 2.91. The number of amides is 1. The van der Waals surface area contributed by atoms with Gasteiger partial charge in [-0.25, -0.2) is 9.07 Å². The van der Waals surface area contributed by atoms with Gasteiger partial charge in [-0.2, -0.15) is 5.10 Å². The maximum absolute atomic E-state index is 13.1. The van der Waals surface area contributed by atoms with Gasteiger partial charge in [0.15, 0.2) is 0 Å². The van der Waals surface area contributed by atoms with Gasteiger partial charge in [0.25, 0.3) is 5.91 Å². The quantitative estimate of drug-likeness (QED) is 0.674. The molecular weight excluding hydrogens is 353 g/mol. The van der Waals surface area contributed by atoms with Crippen molar-refractivity contribution in [3.8, 4) is 5.69 Å². The van der Waals surface area contributed by atoms with Crippen molar-refractivity contribution in [2.24, 2.45) is 0 Å². The van der Waals surface area contributed by atoms with Gasteiger partial charge in [-0.05, 0) is 49.2 Å². The van der Waals surface area contributed by atoms with E-state index in [2.05, 4.69) is 5.10 Å². The maximum Gasteiger partial charge on any atom is 0.258 e. The lowest BCUT2D eigenvalue weighted by atomic mass is 10.1. The van der Waals surface area contributed by atoms with E-state index in [0.29, 0.717) is 23.5 Å². The van der Waals surface area contributed by atoms with E-state index in [1.54, 1.807) is 31.0 Å². The maximum atomic E-state index is 13.1. The van der Waals surface area contributed by atoms with Crippen molar-refractivity contribution in [1.82, 2.24) is 14.7 Å². The molecule has 0 fully saturated rings. The molecule has 0 unspecified atom stereocenters. The van der Waals surface area contributed by atoms with Crippen LogP contribution in [0.4, 0.5) is 4.39 Å². The molecule has 0 atom stereocenters. The van der Waals surface area contributed by atoms with Crippen LogP contribution in [-0.4, -0.2) is 27.6 Å². The number of hydrogen-bond donors (Lipinski definition) is 0. The number of rotatable bonds is 4. The average molecular weight is 372 g/mol. The summed E-state index contributed by atoms with van der Waals surface area (Å²) in [6.45, 7) is 4.22. The molecule has 0 aliphatic rings. The van der Waals surface area contributed by atoms with E-state index in [1.807, 2.05) is 31.2 Å². The molecule has 3 rings (SSSR count). The SMILES string of the molecule is Cc1ccccc1CN(C)C(=O)c1c(C)nn(-c2ccc(F)cc2)c1Cl. The Morgan fingerprint density at radius 2 is 1.81 bits per heavy atom. The summed E-state index contributed by atoms with van der Waals surface area (Å²) in [5.41, 5.74) is 3.67. The predicted octanol–water partition coefficient (Wildman–Crippen LogP) is 4.55. The Hall–Kier alpha value is -2.66. The Labute approximate surface area is 156 Å². The van der Waals surface area contributed by atoms with Crippen LogP contribution < -0.4 is 0 Å². The lowest BCUT2D eigenvalue weighted by Gasteiger charge is -2.18. The minimum Gasteiger partial charge on any atom is -0.337 e. The molecule has 0 radical (unpaired) electrons. The fraction of sp³-hybridized carbons (Fsp3) is 0.200. The fourth-order valence-electron chi connectivity index (χ4n) is 2.80. The molecule has 4 nitrogen and oxygen atoms in total. The summed E-state index contributed by atoms with van der Waals surface area (Å²) in [6, 6.07) is 13.7. The molecule has 134 valence electrons. The largest absolute Gasteiger partial charge is 0.337 e. The predicted molar refractivity (Wildman–Crippen MR) is 100 cm³/mol. The van der Waals surface area contributed by atoms with E-state index in [4.69, 9.17) is 11.6 Å². The van der Waals surface area contributed by atoms with Crippen LogP contribution in [0.5, 0.6) is 0 Å². The first-order valence-corrected chi connectivity index (χ1v) is 8.57. The monoisotopic (exact) mass is 371 g/mol. The Morgan fingerprint density at radius 1 is 1.15 bits per heavy atom. The van der Waals surface area contributed by atoms with Crippen LogP contribution in [0.25, 0.3) is 5.69 Å². The summed E-state index contributed by atoms with van der Waals surface area (Å²) in [6.07, 6.45) is 0. The Balaban J connectivity index is 1.90. The van der Waals surface area contributed by atoms with E-state index in [-0.39, 0.29) is 16.9 Å². The number of aryl methyl sites for hydroxylation is 2. The number of carbonyl (C=O) groups is 1. The van der Waals surface area contributed by atoms with Gasteiger partial charge < -0.3 is 4.90 Å². The minimum atomic E-state index is -0.344. The van der Waals surface area contributed by atoms with Crippen molar-refractivity contribution < 1.29 is 9.18 Å². The van der Waals surface area contributed by atoms with Gasteiger partial charge in [0.05, 0.1) is 16.9 Å². The van der Waals surface area contributed by atoms with Crippen LogP contribution in [0.2, 0.25) is 5.15 Å². The second-order valence-corrected chi connectivity index (χ2v) is 6.59. The number of carbonyl (C=O) groups excluding carboxylic acids is 1. The van der Waals surface area contributed by atoms with E-state index >= 15 is 0 Å². The van der Waals surface area contributed by atoms with Crippen molar-refractivity contribution in [3.63, 3.8) is 0 Å². The van der Waals surface area contributed by atoms with Gasteiger partial charge in [-0.1, -0.05) is 35.9 Å². The van der Waals surface area contributed by atoms with Gasteiger partial charge in [-0.3, -0.25) is 4.79 Å². The van der Waals surface area contributed by atoms with Crippen molar-refractivity contribution in [3.05, 3.63) is 81.9 Å². The first-order valence-electron chi connectivity index (χ1n) is 8.19. The molecule has 0 N–H and O–H groups in total. The molecule has 0 bridgehead atoms. The molecule has 0 saturated heterocycles. The van der Waals surface area contributed by atoms with Gasteiger partial charge in [0.1, 0.15) is 11.0 Å². The van der Waals surface area contributed by atoms with Crippen molar-refractivity contribution >= 4 is 17.5 Å². The smallest absolute Gasteiger partial charge is 0.258 e. The molecule has 6 heteroatoms. The van der Waals surface area contributed by atoms with Gasteiger partial charge in [0.2, 0.25) is 0 Å². The first kappa shape index (κ1) is 18.1. The first-order chi connectivity index (χ1) is 12.4. The molecule has 2 aromatic carbocycles. The van der Waals surface area contributed by atoms with Gasteiger partial charge in [0, 0.05) is 13.6 Å². The van der Waals surface area contributed by atoms with Crippen LogP contribution in [0.15, 0.2) is 48.5 Å². The van der Waals surface area contributed by atoms with Crippen LogP contribution in [0.1, 0.15) is 27.2 Å². The Morgan fingerprint density at radius 3 is 2.46 bits per heavy atom. The van der Waals surface area contributed by atoms with Crippen molar-refractivity contribution in [1.29, 1.82) is 0 Å². The number of aromatic nitrogens is 2. The van der Waals surface area contributed by atoms with E-state index in [9.17, 15) is 9.18 Å². The summed E-state index contributed by atoms with van der Waals surface area (Å²) in [5, 5.41) is 4.57. The topological polar surface area (TPSA) is 38.1 Å². The molecular formula is C20H19ClFN3O. The molecule has 3 aromatic rings.